The van der Waals surface area contributed by atoms with Gasteiger partial charge in [0, 0.05) is 11.8 Å². The molecule has 2 heteroatoms. The maximum atomic E-state index is 11.1. The molecular weight excluding hydrogens is 126 g/mol. The van der Waals surface area contributed by atoms with Crippen LogP contribution in [0.15, 0.2) is 0 Å². The number of hydrogen-bond acceptors (Lipinski definition) is 1. The predicted molar refractivity (Wildman–Crippen MR) is 39.5 cm³/mol. The molecule has 0 aromatic rings. The van der Waals surface area contributed by atoms with Gasteiger partial charge in [0.25, 0.3) is 0 Å². The lowest BCUT2D eigenvalue weighted by Crippen LogP contribution is -3.10. The van der Waals surface area contributed by atoms with Crippen LogP contribution in [0.3, 0.4) is 0 Å². The van der Waals surface area contributed by atoms with E-state index in [9.17, 15) is 5.21 Å². The third-order valence-electron chi connectivity index (χ3n) is 2.92. The first-order chi connectivity index (χ1) is 4.84. The highest BCUT2D eigenvalue weighted by molar-refractivity contribution is 4.75. The number of quaternary nitrogens is 1. The second-order valence-corrected chi connectivity index (χ2v) is 3.85. The predicted octanol–water partition coefficient (Wildman–Crippen LogP) is 0.189. The van der Waals surface area contributed by atoms with E-state index in [4.69, 9.17) is 0 Å². The summed E-state index contributed by atoms with van der Waals surface area (Å²) in [5.74, 6) is 1.56. The van der Waals surface area contributed by atoms with Crippen molar-refractivity contribution in [3.8, 4) is 0 Å². The van der Waals surface area contributed by atoms with Crippen molar-refractivity contribution in [2.45, 2.75) is 25.7 Å². The Balaban J connectivity index is 1.98. The molecule has 1 saturated heterocycles. The lowest BCUT2D eigenvalue weighted by atomic mass is 9.79. The highest BCUT2D eigenvalue weighted by atomic mass is 16.5. The number of nitrogens with one attached hydrogen (secondary N) is 1. The lowest BCUT2D eigenvalue weighted by Gasteiger charge is -2.40. The minimum atomic E-state index is 0.529. The van der Waals surface area contributed by atoms with Crippen molar-refractivity contribution in [1.82, 2.24) is 0 Å². The molecule has 1 heterocycles. The molecule has 0 spiro atoms. The molecule has 0 amide bonds. The zero-order valence-electron chi connectivity index (χ0n) is 6.31. The highest BCUT2D eigenvalue weighted by Gasteiger charge is 2.29. The van der Waals surface area contributed by atoms with Crippen LogP contribution in [0.1, 0.15) is 25.7 Å². The van der Waals surface area contributed by atoms with Crippen LogP contribution in [0, 0.1) is 17.0 Å². The highest BCUT2D eigenvalue weighted by Crippen LogP contribution is 2.29. The molecule has 2 atom stereocenters. The monoisotopic (exact) mass is 141 g/mol. The van der Waals surface area contributed by atoms with E-state index >= 15 is 0 Å². The van der Waals surface area contributed by atoms with Crippen LogP contribution >= 0.6 is 0 Å². The van der Waals surface area contributed by atoms with Gasteiger partial charge < -0.3 is 10.3 Å². The van der Waals surface area contributed by atoms with Gasteiger partial charge in [0.05, 0.1) is 13.1 Å². The van der Waals surface area contributed by atoms with Gasteiger partial charge in [0.15, 0.2) is 0 Å². The van der Waals surface area contributed by atoms with E-state index in [1.807, 2.05) is 0 Å². The molecule has 1 aliphatic carbocycles. The lowest BCUT2D eigenvalue weighted by molar-refractivity contribution is -0.863. The first-order valence-electron chi connectivity index (χ1n) is 4.36. The fraction of sp³-hybridized carbons (Fsp3) is 1.00. The molecule has 2 rings (SSSR count). The zero-order chi connectivity index (χ0) is 6.97. The Bertz CT molecular complexity index is 110. The molecule has 1 saturated carbocycles. The first-order valence-corrected chi connectivity index (χ1v) is 4.36. The van der Waals surface area contributed by atoms with Gasteiger partial charge >= 0.3 is 0 Å². The number of piperidine rings is 1. The van der Waals surface area contributed by atoms with E-state index < -0.39 is 0 Å². The van der Waals surface area contributed by atoms with Gasteiger partial charge in [-0.3, -0.25) is 0 Å². The van der Waals surface area contributed by atoms with Crippen molar-refractivity contribution in [3.05, 3.63) is 5.21 Å². The fourth-order valence-corrected chi connectivity index (χ4v) is 2.50. The number of fused-ring (bicyclic) bond motifs is 2. The van der Waals surface area contributed by atoms with E-state index in [-0.39, 0.29) is 0 Å². The summed E-state index contributed by atoms with van der Waals surface area (Å²) in [6.45, 7) is 1.80. The van der Waals surface area contributed by atoms with Gasteiger partial charge in [-0.15, -0.1) is 0 Å². The van der Waals surface area contributed by atoms with Crippen LogP contribution in [-0.2, 0) is 0 Å². The molecule has 2 bridgehead atoms. The minimum absolute atomic E-state index is 0.529. The van der Waals surface area contributed by atoms with E-state index in [1.165, 1.54) is 25.7 Å². The van der Waals surface area contributed by atoms with Crippen molar-refractivity contribution in [2.75, 3.05) is 13.1 Å². The van der Waals surface area contributed by atoms with Gasteiger partial charge in [-0.05, 0) is 19.3 Å². The first kappa shape index (κ1) is 6.62. The van der Waals surface area contributed by atoms with Gasteiger partial charge in [0.1, 0.15) is 0 Å². The molecular formula is C8H15NO. The van der Waals surface area contributed by atoms with Crippen LogP contribution in [-0.4, -0.2) is 13.1 Å². The van der Waals surface area contributed by atoms with Crippen molar-refractivity contribution < 1.29 is 5.06 Å². The molecule has 1 aliphatic heterocycles. The average molecular weight is 141 g/mol. The van der Waals surface area contributed by atoms with Crippen LogP contribution in [0.2, 0.25) is 0 Å². The fourth-order valence-electron chi connectivity index (χ4n) is 2.50. The quantitative estimate of drug-likeness (QED) is 0.479. The van der Waals surface area contributed by atoms with Gasteiger partial charge in [-0.1, -0.05) is 6.42 Å². The van der Waals surface area contributed by atoms with Crippen LogP contribution in [0.4, 0.5) is 0 Å². The van der Waals surface area contributed by atoms with E-state index in [0.717, 1.165) is 24.9 Å². The Morgan fingerprint density at radius 2 is 1.70 bits per heavy atom. The second kappa shape index (κ2) is 2.51. The molecule has 0 radical (unpaired) electrons. The minimum Gasteiger partial charge on any atom is -0.634 e. The Morgan fingerprint density at radius 3 is 2.30 bits per heavy atom. The maximum Gasteiger partial charge on any atom is 0.0797 e. The summed E-state index contributed by atoms with van der Waals surface area (Å²) in [6.07, 6.45) is 5.37. The standard InChI is InChI=1S/C8H15NO/c10-9-5-7-2-1-3-8(4-7)6-9/h7-9H,1-6H2. The summed E-state index contributed by atoms with van der Waals surface area (Å²) in [5, 5.41) is 11.6. The molecule has 0 aromatic heterocycles. The smallest absolute Gasteiger partial charge is 0.0797 e. The topological polar surface area (TPSA) is 27.5 Å². The van der Waals surface area contributed by atoms with Gasteiger partial charge in [0.2, 0.25) is 0 Å². The summed E-state index contributed by atoms with van der Waals surface area (Å²) in [4.78, 5) is 0. The van der Waals surface area contributed by atoms with Gasteiger partial charge in [-0.2, -0.15) is 0 Å². The van der Waals surface area contributed by atoms with Crippen LogP contribution in [0.25, 0.3) is 0 Å². The summed E-state index contributed by atoms with van der Waals surface area (Å²) in [7, 11) is 0. The third-order valence-corrected chi connectivity index (χ3v) is 2.92. The third kappa shape index (κ3) is 1.18. The molecule has 10 heavy (non-hydrogen) atoms. The summed E-state index contributed by atoms with van der Waals surface area (Å²) in [6, 6.07) is 0. The molecule has 2 nitrogen and oxygen atoms in total. The Morgan fingerprint density at radius 1 is 1.10 bits per heavy atom. The molecule has 0 aromatic carbocycles. The van der Waals surface area contributed by atoms with Gasteiger partial charge in [-0.25, -0.2) is 0 Å². The molecule has 58 valence electrons. The van der Waals surface area contributed by atoms with Crippen molar-refractivity contribution >= 4 is 0 Å². The average Bonchev–Trinajstić information content (AvgIpc) is 1.85. The second-order valence-electron chi connectivity index (χ2n) is 3.85. The summed E-state index contributed by atoms with van der Waals surface area (Å²) in [5.41, 5.74) is 0. The summed E-state index contributed by atoms with van der Waals surface area (Å²) >= 11 is 0. The van der Waals surface area contributed by atoms with Crippen LogP contribution < -0.4 is 5.06 Å². The maximum absolute atomic E-state index is 11.1. The Labute approximate surface area is 61.8 Å². The largest absolute Gasteiger partial charge is 0.634 e. The summed E-state index contributed by atoms with van der Waals surface area (Å²) < 4.78 is 0. The zero-order valence-corrected chi connectivity index (χ0v) is 6.31. The Hall–Kier alpha value is -0.0800. The van der Waals surface area contributed by atoms with Crippen LogP contribution in [0.5, 0.6) is 0 Å². The molecule has 1 N–H and O–H groups in total. The normalized spacial score (nSPS) is 47.1. The molecule has 2 unspecified atom stereocenters. The van der Waals surface area contributed by atoms with Crippen molar-refractivity contribution in [3.63, 3.8) is 0 Å². The SMILES string of the molecule is [O-][NH+]1CC2CCCC(C2)C1. The number of rotatable bonds is 0. The number of hydroxylamine groups is 2. The van der Waals surface area contributed by atoms with E-state index in [0.29, 0.717) is 5.06 Å². The van der Waals surface area contributed by atoms with Crippen molar-refractivity contribution in [2.24, 2.45) is 11.8 Å². The van der Waals surface area contributed by atoms with E-state index in [2.05, 4.69) is 0 Å². The molecule has 2 aliphatic rings. The number of hydrogen-bond donors (Lipinski definition) is 1. The van der Waals surface area contributed by atoms with E-state index in [1.54, 1.807) is 0 Å². The Kier molecular flexibility index (Phi) is 1.66. The van der Waals surface area contributed by atoms with Crippen molar-refractivity contribution in [1.29, 1.82) is 0 Å². The molecule has 2 fully saturated rings.